The lowest BCUT2D eigenvalue weighted by atomic mass is 10.1. The van der Waals surface area contributed by atoms with E-state index < -0.39 is 46.4 Å². The number of nitrogens with two attached hydrogens (primary N) is 1. The second kappa shape index (κ2) is 7.14. The van der Waals surface area contributed by atoms with Crippen molar-refractivity contribution in [3.05, 3.63) is 0 Å². The van der Waals surface area contributed by atoms with Crippen LogP contribution in [0.15, 0.2) is 0 Å². The van der Waals surface area contributed by atoms with Gasteiger partial charge in [-0.15, -0.1) is 0 Å². The third-order valence-electron chi connectivity index (χ3n) is 3.65. The monoisotopic (exact) mass is 345 g/mol. The Morgan fingerprint density at radius 3 is 2.32 bits per heavy atom. The zero-order chi connectivity index (χ0) is 17.1. The second-order valence-electron chi connectivity index (χ2n) is 5.27. The first-order chi connectivity index (χ1) is 10.0. The predicted molar refractivity (Wildman–Crippen MR) is 75.5 cm³/mol. The van der Waals surface area contributed by atoms with Crippen LogP contribution < -0.4 is 5.73 Å². The van der Waals surface area contributed by atoms with Gasteiger partial charge in [0, 0.05) is 25.7 Å². The summed E-state index contributed by atoms with van der Waals surface area (Å²) < 4.78 is 61.9. The number of amides is 1. The first-order valence-electron chi connectivity index (χ1n) is 7.12. The van der Waals surface area contributed by atoms with Crippen molar-refractivity contribution >= 4 is 15.9 Å². The molecule has 0 aromatic heterocycles. The number of rotatable bonds is 6. The molecule has 0 bridgehead atoms. The first kappa shape index (κ1) is 19.2. The lowest BCUT2D eigenvalue weighted by molar-refractivity contribution is -0.134. The quantitative estimate of drug-likeness (QED) is 0.761. The lowest BCUT2D eigenvalue weighted by Crippen LogP contribution is -2.48. The summed E-state index contributed by atoms with van der Waals surface area (Å²) in [5.41, 5.74) is 5.72. The molecule has 130 valence electrons. The standard InChI is InChI=1S/C12H22F3N3O3S/c1-3-17(4-2)11(19)10-7-9(16)8-18(10)22(20,21)6-5-12(13,14)15/h9-10H,3-8,16H2,1-2H3/t9-,10-/m0/s1. The molecule has 10 heteroatoms. The fourth-order valence-electron chi connectivity index (χ4n) is 2.48. The van der Waals surface area contributed by atoms with Crippen LogP contribution in [0.1, 0.15) is 26.7 Å². The Labute approximate surface area is 128 Å². The molecule has 0 spiro atoms. The highest BCUT2D eigenvalue weighted by atomic mass is 32.2. The van der Waals surface area contributed by atoms with Crippen LogP contribution in [0.5, 0.6) is 0 Å². The van der Waals surface area contributed by atoms with E-state index in [-0.39, 0.29) is 13.0 Å². The minimum atomic E-state index is -4.56. The largest absolute Gasteiger partial charge is 0.390 e. The maximum atomic E-state index is 12.4. The molecule has 1 heterocycles. The summed E-state index contributed by atoms with van der Waals surface area (Å²) in [6, 6.07) is -1.56. The van der Waals surface area contributed by atoms with E-state index in [2.05, 4.69) is 0 Å². The van der Waals surface area contributed by atoms with Gasteiger partial charge in [-0.1, -0.05) is 0 Å². The van der Waals surface area contributed by atoms with Crippen LogP contribution in [-0.4, -0.2) is 67.2 Å². The van der Waals surface area contributed by atoms with Gasteiger partial charge in [0.2, 0.25) is 15.9 Å². The van der Waals surface area contributed by atoms with Crippen molar-refractivity contribution in [1.29, 1.82) is 0 Å². The van der Waals surface area contributed by atoms with Gasteiger partial charge < -0.3 is 10.6 Å². The fourth-order valence-corrected chi connectivity index (χ4v) is 4.18. The van der Waals surface area contributed by atoms with Crippen molar-refractivity contribution in [3.63, 3.8) is 0 Å². The fraction of sp³-hybridized carbons (Fsp3) is 0.917. The number of hydrogen-bond acceptors (Lipinski definition) is 4. The van der Waals surface area contributed by atoms with E-state index in [0.29, 0.717) is 13.1 Å². The Hall–Kier alpha value is -0.870. The molecule has 2 N–H and O–H groups in total. The number of hydrogen-bond donors (Lipinski definition) is 1. The van der Waals surface area contributed by atoms with Crippen LogP contribution >= 0.6 is 0 Å². The summed E-state index contributed by atoms with van der Waals surface area (Å²) in [6.45, 7) is 4.17. The molecule has 2 atom stereocenters. The topological polar surface area (TPSA) is 83.7 Å². The molecule has 0 aromatic carbocycles. The summed E-state index contributed by atoms with van der Waals surface area (Å²) >= 11 is 0. The van der Waals surface area contributed by atoms with Gasteiger partial charge in [0.1, 0.15) is 6.04 Å². The van der Waals surface area contributed by atoms with Crippen LogP contribution in [-0.2, 0) is 14.8 Å². The molecule has 1 aliphatic rings. The predicted octanol–water partition coefficient (Wildman–Crippen LogP) is 0.539. The highest BCUT2D eigenvalue weighted by Gasteiger charge is 2.44. The molecule has 1 amide bonds. The van der Waals surface area contributed by atoms with E-state index >= 15 is 0 Å². The number of sulfonamides is 1. The second-order valence-corrected chi connectivity index (χ2v) is 7.31. The minimum absolute atomic E-state index is 0.126. The summed E-state index contributed by atoms with van der Waals surface area (Å²) in [6.07, 6.45) is -5.87. The van der Waals surface area contributed by atoms with Crippen LogP contribution in [0.3, 0.4) is 0 Å². The van der Waals surface area contributed by atoms with Crippen LogP contribution in [0.2, 0.25) is 0 Å². The molecule has 0 unspecified atom stereocenters. The van der Waals surface area contributed by atoms with Gasteiger partial charge in [0.15, 0.2) is 0 Å². The van der Waals surface area contributed by atoms with E-state index in [0.717, 1.165) is 4.31 Å². The van der Waals surface area contributed by atoms with Gasteiger partial charge in [-0.25, -0.2) is 8.42 Å². The number of likely N-dealkylation sites (N-methyl/N-ethyl adjacent to an activating group) is 1. The summed E-state index contributed by atoms with van der Waals surface area (Å²) in [5.74, 6) is -1.47. The molecule has 22 heavy (non-hydrogen) atoms. The minimum Gasteiger partial charge on any atom is -0.342 e. The van der Waals surface area contributed by atoms with E-state index in [1.807, 2.05) is 0 Å². The lowest BCUT2D eigenvalue weighted by Gasteiger charge is -2.28. The summed E-state index contributed by atoms with van der Waals surface area (Å²) in [4.78, 5) is 13.8. The van der Waals surface area contributed by atoms with Gasteiger partial charge in [-0.3, -0.25) is 4.79 Å². The SMILES string of the molecule is CCN(CC)C(=O)[C@@H]1C[C@H](N)CN1S(=O)(=O)CCC(F)(F)F. The zero-order valence-corrected chi connectivity index (χ0v) is 13.5. The molecule has 0 aliphatic carbocycles. The Kier molecular flexibility index (Phi) is 6.22. The van der Waals surface area contributed by atoms with E-state index in [1.165, 1.54) is 4.90 Å². The summed E-state index contributed by atoms with van der Waals surface area (Å²) in [5, 5.41) is 0. The molecule has 6 nitrogen and oxygen atoms in total. The number of carbonyl (C=O) groups is 1. The highest BCUT2D eigenvalue weighted by Crippen LogP contribution is 2.26. The molecule has 1 fully saturated rings. The molecular weight excluding hydrogens is 323 g/mol. The molecule has 0 saturated carbocycles. The van der Waals surface area contributed by atoms with E-state index in [1.54, 1.807) is 13.8 Å². The third kappa shape index (κ3) is 4.82. The van der Waals surface area contributed by atoms with Crippen molar-refractivity contribution in [2.45, 2.75) is 44.9 Å². The van der Waals surface area contributed by atoms with Gasteiger partial charge in [0.05, 0.1) is 12.2 Å². The number of carbonyl (C=O) groups excluding carboxylic acids is 1. The zero-order valence-electron chi connectivity index (χ0n) is 12.6. The third-order valence-corrected chi connectivity index (χ3v) is 5.49. The molecule has 1 aliphatic heterocycles. The van der Waals surface area contributed by atoms with Crippen LogP contribution in [0, 0.1) is 0 Å². The van der Waals surface area contributed by atoms with Gasteiger partial charge in [0.25, 0.3) is 0 Å². The maximum Gasteiger partial charge on any atom is 0.390 e. The van der Waals surface area contributed by atoms with Crippen molar-refractivity contribution in [2.75, 3.05) is 25.4 Å². The van der Waals surface area contributed by atoms with Crippen molar-refractivity contribution < 1.29 is 26.4 Å². The number of halogens is 3. The van der Waals surface area contributed by atoms with Gasteiger partial charge >= 0.3 is 6.18 Å². The Bertz CT molecular complexity index is 492. The van der Waals surface area contributed by atoms with Gasteiger partial charge in [-0.2, -0.15) is 17.5 Å². The van der Waals surface area contributed by atoms with Crippen molar-refractivity contribution in [2.24, 2.45) is 5.73 Å². The van der Waals surface area contributed by atoms with Crippen LogP contribution in [0.4, 0.5) is 13.2 Å². The molecular formula is C12H22F3N3O3S. The van der Waals surface area contributed by atoms with Crippen molar-refractivity contribution in [1.82, 2.24) is 9.21 Å². The highest BCUT2D eigenvalue weighted by molar-refractivity contribution is 7.89. The van der Waals surface area contributed by atoms with E-state index in [9.17, 15) is 26.4 Å². The molecule has 0 aromatic rings. The Morgan fingerprint density at radius 2 is 1.86 bits per heavy atom. The van der Waals surface area contributed by atoms with Gasteiger partial charge in [-0.05, 0) is 20.3 Å². The molecule has 1 rings (SSSR count). The van der Waals surface area contributed by atoms with E-state index in [4.69, 9.17) is 5.73 Å². The van der Waals surface area contributed by atoms with Crippen molar-refractivity contribution in [3.8, 4) is 0 Å². The number of nitrogens with zero attached hydrogens (tertiary/aromatic N) is 2. The maximum absolute atomic E-state index is 12.4. The average Bonchev–Trinajstić information content (AvgIpc) is 2.80. The Morgan fingerprint density at radius 1 is 1.32 bits per heavy atom. The van der Waals surface area contributed by atoms with Crippen LogP contribution in [0.25, 0.3) is 0 Å². The smallest absolute Gasteiger partial charge is 0.342 e. The summed E-state index contributed by atoms with van der Waals surface area (Å²) in [7, 11) is -4.18. The molecule has 0 radical (unpaired) electrons. The first-order valence-corrected chi connectivity index (χ1v) is 8.73. The normalized spacial score (nSPS) is 23.7. The Balaban J connectivity index is 2.92. The number of alkyl halides is 3. The average molecular weight is 345 g/mol. The molecule has 1 saturated heterocycles.